The first-order valence-corrected chi connectivity index (χ1v) is 12.2. The monoisotopic (exact) mass is 472 g/mol. The molecular formula is C30H36N2O3. The minimum Gasteiger partial charge on any atom is -0.484 e. The largest absolute Gasteiger partial charge is 0.484 e. The van der Waals surface area contributed by atoms with E-state index in [2.05, 4.69) is 5.32 Å². The number of aryl methyl sites for hydroxylation is 2. The summed E-state index contributed by atoms with van der Waals surface area (Å²) in [5, 5.41) is 3.09. The number of carbonyl (C=O) groups excluding carboxylic acids is 2. The highest BCUT2D eigenvalue weighted by atomic mass is 16.5. The minimum atomic E-state index is -0.666. The van der Waals surface area contributed by atoms with Gasteiger partial charge in [-0.15, -0.1) is 0 Å². The van der Waals surface area contributed by atoms with E-state index >= 15 is 0 Å². The second-order valence-corrected chi connectivity index (χ2v) is 9.14. The van der Waals surface area contributed by atoms with Crippen molar-refractivity contribution in [2.45, 2.75) is 59.2 Å². The number of hydrogen-bond donors (Lipinski definition) is 1. The lowest BCUT2D eigenvalue weighted by Crippen LogP contribution is -2.53. The van der Waals surface area contributed by atoms with Crippen LogP contribution in [0.2, 0.25) is 0 Å². The third-order valence-electron chi connectivity index (χ3n) is 6.09. The molecule has 0 radical (unpaired) electrons. The van der Waals surface area contributed by atoms with E-state index in [1.807, 2.05) is 107 Å². The van der Waals surface area contributed by atoms with Crippen LogP contribution in [0.5, 0.6) is 5.75 Å². The average molecular weight is 473 g/mol. The van der Waals surface area contributed by atoms with Crippen molar-refractivity contribution in [2.24, 2.45) is 0 Å². The van der Waals surface area contributed by atoms with Crippen LogP contribution in [0.25, 0.3) is 0 Å². The molecule has 0 spiro atoms. The summed E-state index contributed by atoms with van der Waals surface area (Å²) in [6.07, 6.45) is 1.23. The molecular weight excluding hydrogens is 436 g/mol. The first-order valence-electron chi connectivity index (χ1n) is 12.2. The van der Waals surface area contributed by atoms with Crippen molar-refractivity contribution in [3.05, 3.63) is 101 Å². The second kappa shape index (κ2) is 12.7. The Morgan fingerprint density at radius 1 is 0.886 bits per heavy atom. The molecule has 184 valence electrons. The van der Waals surface area contributed by atoms with E-state index in [1.165, 1.54) is 0 Å². The van der Waals surface area contributed by atoms with Crippen LogP contribution in [0, 0.1) is 13.8 Å². The summed E-state index contributed by atoms with van der Waals surface area (Å²) in [6.45, 7) is 8.21. The molecule has 0 saturated heterocycles. The summed E-state index contributed by atoms with van der Waals surface area (Å²) in [4.78, 5) is 28.7. The lowest BCUT2D eigenvalue weighted by Gasteiger charge is -2.32. The standard InChI is InChI=1S/C30H36N2O3/c1-5-24(4)31-30(34)28(19-25-11-7-6-8-12-25)32(20-26-13-9-10-23(3)18-26)29(33)21-35-27-16-14-22(2)15-17-27/h6-18,24,28H,5,19-21H2,1-4H3,(H,31,34)/t24-,28-/m0/s1. The van der Waals surface area contributed by atoms with Crippen molar-refractivity contribution in [3.8, 4) is 5.75 Å². The molecule has 5 heteroatoms. The number of rotatable bonds is 11. The maximum atomic E-state index is 13.6. The topological polar surface area (TPSA) is 58.6 Å². The predicted molar refractivity (Wildman–Crippen MR) is 140 cm³/mol. The first-order chi connectivity index (χ1) is 16.9. The summed E-state index contributed by atoms with van der Waals surface area (Å²) in [6, 6.07) is 24.8. The molecule has 3 aromatic rings. The fourth-order valence-electron chi connectivity index (χ4n) is 3.86. The van der Waals surface area contributed by atoms with Gasteiger partial charge in [0.05, 0.1) is 0 Å². The van der Waals surface area contributed by atoms with Gasteiger partial charge in [-0.1, -0.05) is 84.8 Å². The number of amides is 2. The molecule has 0 aromatic heterocycles. The van der Waals surface area contributed by atoms with Crippen LogP contribution in [-0.2, 0) is 22.6 Å². The smallest absolute Gasteiger partial charge is 0.261 e. The maximum absolute atomic E-state index is 13.6. The average Bonchev–Trinajstić information content (AvgIpc) is 2.86. The Labute approximate surface area is 209 Å². The molecule has 0 aliphatic rings. The molecule has 0 aliphatic carbocycles. The number of benzene rings is 3. The normalized spacial score (nSPS) is 12.5. The fourth-order valence-corrected chi connectivity index (χ4v) is 3.86. The van der Waals surface area contributed by atoms with Gasteiger partial charge in [0, 0.05) is 19.0 Å². The lowest BCUT2D eigenvalue weighted by molar-refractivity contribution is -0.143. The summed E-state index contributed by atoms with van der Waals surface area (Å²) in [7, 11) is 0. The lowest BCUT2D eigenvalue weighted by atomic mass is 10.0. The number of carbonyl (C=O) groups is 2. The van der Waals surface area contributed by atoms with E-state index in [-0.39, 0.29) is 24.5 Å². The van der Waals surface area contributed by atoms with Crippen LogP contribution >= 0.6 is 0 Å². The Bertz CT molecular complexity index is 1100. The fraction of sp³-hybridized carbons (Fsp3) is 0.333. The van der Waals surface area contributed by atoms with E-state index in [1.54, 1.807) is 4.90 Å². The molecule has 5 nitrogen and oxygen atoms in total. The molecule has 0 heterocycles. The number of nitrogens with one attached hydrogen (secondary N) is 1. The Morgan fingerprint density at radius 3 is 2.23 bits per heavy atom. The van der Waals surface area contributed by atoms with Gasteiger partial charge in [0.2, 0.25) is 5.91 Å². The van der Waals surface area contributed by atoms with Gasteiger partial charge in [-0.05, 0) is 50.5 Å². The highest BCUT2D eigenvalue weighted by Gasteiger charge is 2.31. The highest BCUT2D eigenvalue weighted by Crippen LogP contribution is 2.17. The summed E-state index contributed by atoms with van der Waals surface area (Å²) >= 11 is 0. The zero-order valence-corrected chi connectivity index (χ0v) is 21.2. The van der Waals surface area contributed by atoms with E-state index < -0.39 is 6.04 Å². The van der Waals surface area contributed by atoms with Crippen LogP contribution in [0.4, 0.5) is 0 Å². The molecule has 3 rings (SSSR count). The number of nitrogens with zero attached hydrogens (tertiary/aromatic N) is 1. The summed E-state index contributed by atoms with van der Waals surface area (Å²) < 4.78 is 5.82. The van der Waals surface area contributed by atoms with E-state index in [9.17, 15) is 9.59 Å². The number of hydrogen-bond acceptors (Lipinski definition) is 3. The molecule has 0 aliphatic heterocycles. The minimum absolute atomic E-state index is 0.0144. The quantitative estimate of drug-likeness (QED) is 0.415. The van der Waals surface area contributed by atoms with Crippen LogP contribution in [-0.4, -0.2) is 35.4 Å². The van der Waals surface area contributed by atoms with Crippen molar-refractivity contribution in [2.75, 3.05) is 6.61 Å². The van der Waals surface area contributed by atoms with Crippen molar-refractivity contribution < 1.29 is 14.3 Å². The van der Waals surface area contributed by atoms with Crippen LogP contribution < -0.4 is 10.1 Å². The molecule has 0 saturated carbocycles. The van der Waals surface area contributed by atoms with Gasteiger partial charge in [-0.3, -0.25) is 9.59 Å². The zero-order valence-electron chi connectivity index (χ0n) is 21.2. The third-order valence-corrected chi connectivity index (χ3v) is 6.09. The zero-order chi connectivity index (χ0) is 25.2. The van der Waals surface area contributed by atoms with Crippen molar-refractivity contribution in [1.29, 1.82) is 0 Å². The van der Waals surface area contributed by atoms with Crippen molar-refractivity contribution in [3.63, 3.8) is 0 Å². The van der Waals surface area contributed by atoms with E-state index in [0.29, 0.717) is 18.7 Å². The van der Waals surface area contributed by atoms with Crippen LogP contribution in [0.1, 0.15) is 42.5 Å². The molecule has 0 fully saturated rings. The molecule has 2 amide bonds. The van der Waals surface area contributed by atoms with Crippen LogP contribution in [0.3, 0.4) is 0 Å². The summed E-state index contributed by atoms with van der Waals surface area (Å²) in [5.74, 6) is 0.245. The summed E-state index contributed by atoms with van der Waals surface area (Å²) in [5.41, 5.74) is 4.20. The molecule has 35 heavy (non-hydrogen) atoms. The Hall–Kier alpha value is -3.60. The predicted octanol–water partition coefficient (Wildman–Crippen LogP) is 5.24. The Morgan fingerprint density at radius 2 is 1.57 bits per heavy atom. The van der Waals surface area contributed by atoms with Crippen molar-refractivity contribution >= 4 is 11.8 Å². The Kier molecular flexibility index (Phi) is 9.47. The number of ether oxygens (including phenoxy) is 1. The van der Waals surface area contributed by atoms with Gasteiger partial charge in [-0.25, -0.2) is 0 Å². The third kappa shape index (κ3) is 7.99. The van der Waals surface area contributed by atoms with Gasteiger partial charge < -0.3 is 15.0 Å². The molecule has 3 aromatic carbocycles. The van der Waals surface area contributed by atoms with Crippen LogP contribution in [0.15, 0.2) is 78.9 Å². The highest BCUT2D eigenvalue weighted by molar-refractivity contribution is 5.88. The van der Waals surface area contributed by atoms with E-state index in [4.69, 9.17) is 4.74 Å². The Balaban J connectivity index is 1.90. The molecule has 1 N–H and O–H groups in total. The SMILES string of the molecule is CC[C@H](C)NC(=O)[C@H](Cc1ccccc1)N(Cc1cccc(C)c1)C(=O)COc1ccc(C)cc1. The van der Waals surface area contributed by atoms with Gasteiger partial charge >= 0.3 is 0 Å². The first kappa shape index (κ1) is 26.0. The van der Waals surface area contributed by atoms with Gasteiger partial charge in [0.1, 0.15) is 11.8 Å². The molecule has 0 unspecified atom stereocenters. The second-order valence-electron chi connectivity index (χ2n) is 9.14. The maximum Gasteiger partial charge on any atom is 0.261 e. The van der Waals surface area contributed by atoms with Gasteiger partial charge in [0.25, 0.3) is 5.91 Å². The van der Waals surface area contributed by atoms with Crippen molar-refractivity contribution in [1.82, 2.24) is 10.2 Å². The van der Waals surface area contributed by atoms with E-state index in [0.717, 1.165) is 28.7 Å². The molecule has 2 atom stereocenters. The van der Waals surface area contributed by atoms with Gasteiger partial charge in [0.15, 0.2) is 6.61 Å². The van der Waals surface area contributed by atoms with Gasteiger partial charge in [-0.2, -0.15) is 0 Å². The molecule has 0 bridgehead atoms.